The topological polar surface area (TPSA) is 68.1 Å². The molecular formula is C11H12N2O3S. The molecule has 1 heterocycles. The van der Waals surface area contributed by atoms with Crippen LogP contribution in [0.4, 0.5) is 0 Å². The van der Waals surface area contributed by atoms with Gasteiger partial charge in [-0.1, -0.05) is 24.2 Å². The molecule has 0 radical (unpaired) electrons. The van der Waals surface area contributed by atoms with Gasteiger partial charge in [0.2, 0.25) is 0 Å². The van der Waals surface area contributed by atoms with E-state index in [1.165, 1.54) is 6.07 Å². The lowest BCUT2D eigenvalue weighted by molar-refractivity contribution is 0.329. The molecule has 1 aliphatic rings. The third-order valence-electron chi connectivity index (χ3n) is 2.40. The number of benzene rings is 1. The first-order valence-electron chi connectivity index (χ1n) is 5.19. The first kappa shape index (κ1) is 11.8. The summed E-state index contributed by atoms with van der Waals surface area (Å²) < 4.78 is 26.9. The summed E-state index contributed by atoms with van der Waals surface area (Å²) in [5, 5.41) is 3.81. The Kier molecular flexibility index (Phi) is 2.97. The lowest BCUT2D eigenvalue weighted by Crippen LogP contribution is -2.01. The van der Waals surface area contributed by atoms with E-state index in [0.29, 0.717) is 5.56 Å². The predicted molar refractivity (Wildman–Crippen MR) is 64.6 cm³/mol. The van der Waals surface area contributed by atoms with Gasteiger partial charge in [-0.15, -0.1) is 4.40 Å². The van der Waals surface area contributed by atoms with Crippen molar-refractivity contribution in [2.75, 3.05) is 0 Å². The zero-order valence-electron chi connectivity index (χ0n) is 9.54. The van der Waals surface area contributed by atoms with E-state index in [-0.39, 0.29) is 10.8 Å². The van der Waals surface area contributed by atoms with E-state index in [2.05, 4.69) is 9.55 Å². The second kappa shape index (κ2) is 4.29. The molecule has 0 atom stereocenters. The highest BCUT2D eigenvalue weighted by Gasteiger charge is 2.30. The lowest BCUT2D eigenvalue weighted by atomic mass is 10.2. The first-order valence-corrected chi connectivity index (χ1v) is 6.63. The second-order valence-corrected chi connectivity index (χ2v) is 5.21. The minimum absolute atomic E-state index is 0.0356. The molecule has 5 nitrogen and oxygen atoms in total. The summed E-state index contributed by atoms with van der Waals surface area (Å²) in [5.74, 6) is 0.0356. The van der Waals surface area contributed by atoms with Crippen LogP contribution in [0.5, 0.6) is 0 Å². The smallest absolute Gasteiger partial charge is 0.286 e. The highest BCUT2D eigenvalue weighted by molar-refractivity contribution is 7.90. The van der Waals surface area contributed by atoms with Crippen molar-refractivity contribution in [2.45, 2.75) is 25.2 Å². The molecule has 17 heavy (non-hydrogen) atoms. The van der Waals surface area contributed by atoms with Crippen LogP contribution in [0.1, 0.15) is 25.8 Å². The third-order valence-corrected chi connectivity index (χ3v) is 3.72. The lowest BCUT2D eigenvalue weighted by Gasteiger charge is -1.99. The molecule has 1 aliphatic heterocycles. The molecule has 0 aromatic heterocycles. The van der Waals surface area contributed by atoms with Crippen molar-refractivity contribution < 1.29 is 13.3 Å². The fourth-order valence-corrected chi connectivity index (χ4v) is 2.46. The summed E-state index contributed by atoms with van der Waals surface area (Å²) in [6, 6.07) is 6.53. The summed E-state index contributed by atoms with van der Waals surface area (Å²) in [6.07, 6.45) is 0.738. The maximum absolute atomic E-state index is 11.7. The molecular weight excluding hydrogens is 240 g/mol. The standard InChI is InChI=1S/C11H12N2O3S/c1-3-8(2)12-16-11-9-6-4-5-7-10(9)17(14,15)13-11/h4-7H,3H2,1-2H3/b12-8-. The molecule has 0 amide bonds. The Balaban J connectivity index is 2.39. The quantitative estimate of drug-likeness (QED) is 0.596. The first-order chi connectivity index (χ1) is 8.04. The molecule has 90 valence electrons. The normalized spacial score (nSPS) is 17.5. The minimum atomic E-state index is -3.62. The summed E-state index contributed by atoms with van der Waals surface area (Å²) in [7, 11) is -3.62. The van der Waals surface area contributed by atoms with Crippen molar-refractivity contribution in [3.8, 4) is 0 Å². The fraction of sp³-hybridized carbons (Fsp3) is 0.273. The molecule has 0 spiro atoms. The van der Waals surface area contributed by atoms with Crippen molar-refractivity contribution in [1.82, 2.24) is 0 Å². The molecule has 0 fully saturated rings. The molecule has 0 aliphatic carbocycles. The predicted octanol–water partition coefficient (Wildman–Crippen LogP) is 1.94. The zero-order valence-corrected chi connectivity index (χ0v) is 10.4. The van der Waals surface area contributed by atoms with Crippen LogP contribution >= 0.6 is 0 Å². The van der Waals surface area contributed by atoms with Crippen molar-refractivity contribution in [2.24, 2.45) is 9.55 Å². The Bertz CT molecular complexity index is 603. The number of nitrogens with zero attached hydrogens (tertiary/aromatic N) is 2. The van der Waals surface area contributed by atoms with Gasteiger partial charge in [-0.3, -0.25) is 0 Å². The van der Waals surface area contributed by atoms with Crippen LogP contribution in [-0.4, -0.2) is 20.0 Å². The maximum Gasteiger partial charge on any atom is 0.286 e. The van der Waals surface area contributed by atoms with Gasteiger partial charge >= 0.3 is 0 Å². The number of hydrogen-bond donors (Lipinski definition) is 0. The van der Waals surface area contributed by atoms with Gasteiger partial charge in [0.1, 0.15) is 4.90 Å². The average molecular weight is 252 g/mol. The molecule has 0 saturated heterocycles. The highest BCUT2D eigenvalue weighted by Crippen LogP contribution is 2.26. The van der Waals surface area contributed by atoms with Gasteiger partial charge in [-0.25, -0.2) is 0 Å². The maximum atomic E-state index is 11.7. The zero-order chi connectivity index (χ0) is 12.5. The summed E-state index contributed by atoms with van der Waals surface area (Å²) in [5.41, 5.74) is 1.23. The fourth-order valence-electron chi connectivity index (χ4n) is 1.33. The Hall–Kier alpha value is -1.69. The van der Waals surface area contributed by atoms with E-state index >= 15 is 0 Å². The van der Waals surface area contributed by atoms with Crippen molar-refractivity contribution in [3.63, 3.8) is 0 Å². The Morgan fingerprint density at radius 2 is 2.12 bits per heavy atom. The molecule has 1 aromatic carbocycles. The third kappa shape index (κ3) is 2.21. The SMILES string of the molecule is CC/C(C)=N\OC1=NS(=O)(=O)c2ccccc21. The van der Waals surface area contributed by atoms with E-state index in [1.54, 1.807) is 25.1 Å². The summed E-state index contributed by atoms with van der Waals surface area (Å²) >= 11 is 0. The van der Waals surface area contributed by atoms with E-state index in [9.17, 15) is 8.42 Å². The van der Waals surface area contributed by atoms with Crippen LogP contribution in [0.3, 0.4) is 0 Å². The van der Waals surface area contributed by atoms with Crippen molar-refractivity contribution >= 4 is 21.6 Å². The van der Waals surface area contributed by atoms with Gasteiger partial charge in [-0.2, -0.15) is 8.42 Å². The average Bonchev–Trinajstić information content (AvgIpc) is 2.59. The molecule has 0 saturated carbocycles. The number of hydrogen-bond acceptors (Lipinski definition) is 4. The van der Waals surface area contributed by atoms with Gasteiger partial charge in [0, 0.05) is 0 Å². The van der Waals surface area contributed by atoms with Crippen LogP contribution in [0.15, 0.2) is 38.7 Å². The number of oxime groups is 1. The molecule has 0 N–H and O–H groups in total. The van der Waals surface area contributed by atoms with Crippen LogP contribution in [0.2, 0.25) is 0 Å². The van der Waals surface area contributed by atoms with E-state index in [0.717, 1.165) is 12.1 Å². The van der Waals surface area contributed by atoms with Gasteiger partial charge in [0.25, 0.3) is 15.9 Å². The van der Waals surface area contributed by atoms with Gasteiger partial charge in [0.05, 0.1) is 11.3 Å². The largest absolute Gasteiger partial charge is 0.335 e. The number of rotatable bonds is 2. The van der Waals surface area contributed by atoms with Crippen LogP contribution in [-0.2, 0) is 14.9 Å². The molecule has 1 aromatic rings. The van der Waals surface area contributed by atoms with E-state index < -0.39 is 10.0 Å². The van der Waals surface area contributed by atoms with Crippen molar-refractivity contribution in [3.05, 3.63) is 29.8 Å². The Morgan fingerprint density at radius 3 is 2.82 bits per heavy atom. The van der Waals surface area contributed by atoms with E-state index in [1.807, 2.05) is 6.92 Å². The van der Waals surface area contributed by atoms with Crippen LogP contribution < -0.4 is 0 Å². The second-order valence-electron chi connectivity index (χ2n) is 3.64. The summed E-state index contributed by atoms with van der Waals surface area (Å²) in [6.45, 7) is 3.74. The molecule has 2 rings (SSSR count). The molecule has 0 bridgehead atoms. The van der Waals surface area contributed by atoms with Crippen LogP contribution in [0.25, 0.3) is 0 Å². The highest BCUT2D eigenvalue weighted by atomic mass is 32.2. The molecule has 0 unspecified atom stereocenters. The van der Waals surface area contributed by atoms with Gasteiger partial charge in [0.15, 0.2) is 0 Å². The van der Waals surface area contributed by atoms with Gasteiger partial charge < -0.3 is 4.84 Å². The Morgan fingerprint density at radius 1 is 1.41 bits per heavy atom. The number of fused-ring (bicyclic) bond motifs is 1. The Labute approximate surface area is 99.9 Å². The van der Waals surface area contributed by atoms with E-state index in [4.69, 9.17) is 4.84 Å². The van der Waals surface area contributed by atoms with Gasteiger partial charge in [-0.05, 0) is 25.5 Å². The summed E-state index contributed by atoms with van der Waals surface area (Å²) in [4.78, 5) is 5.24. The number of sulfonamides is 1. The van der Waals surface area contributed by atoms with Crippen LogP contribution in [0, 0.1) is 0 Å². The minimum Gasteiger partial charge on any atom is -0.335 e. The molecule has 6 heteroatoms. The van der Waals surface area contributed by atoms with Crippen molar-refractivity contribution in [1.29, 1.82) is 0 Å². The monoisotopic (exact) mass is 252 g/mol.